The topological polar surface area (TPSA) is 63.3 Å². The fraction of sp³-hybridized carbons (Fsp3) is 0.429. The molecular weight excluding hydrogens is 422 g/mol. The number of thiophene rings is 1. The van der Waals surface area contributed by atoms with E-state index < -0.39 is 0 Å². The van der Waals surface area contributed by atoms with Crippen molar-refractivity contribution >= 4 is 39.6 Å². The number of methoxy groups -OCH3 is 1. The van der Waals surface area contributed by atoms with E-state index in [0.29, 0.717) is 17.5 Å². The van der Waals surface area contributed by atoms with Crippen molar-refractivity contribution in [3.8, 4) is 11.5 Å². The Hall–Kier alpha value is -2.36. The predicted octanol–water partition coefficient (Wildman–Crippen LogP) is 3.34. The summed E-state index contributed by atoms with van der Waals surface area (Å²) in [7, 11) is 1.40. The van der Waals surface area contributed by atoms with Crippen LogP contribution in [0.15, 0.2) is 24.3 Å². The number of carbonyl (C=O) groups excluding carboxylic acids is 1. The highest BCUT2D eigenvalue weighted by molar-refractivity contribution is 7.80. The van der Waals surface area contributed by atoms with Crippen LogP contribution in [0.25, 0.3) is 0 Å². The molecule has 3 heterocycles. The second-order valence-corrected chi connectivity index (χ2v) is 8.71. The van der Waals surface area contributed by atoms with Crippen LogP contribution in [0.5, 0.6) is 11.5 Å². The van der Waals surface area contributed by atoms with Crippen LogP contribution < -0.4 is 14.8 Å². The van der Waals surface area contributed by atoms with Gasteiger partial charge < -0.3 is 24.4 Å². The molecule has 1 saturated heterocycles. The minimum atomic E-state index is -0.343. The molecule has 1 aromatic carbocycles. The highest BCUT2D eigenvalue weighted by atomic mass is 32.1. The number of anilines is 1. The van der Waals surface area contributed by atoms with Crippen molar-refractivity contribution in [3.63, 3.8) is 0 Å². The number of aryl methyl sites for hydroxylation is 1. The Morgan fingerprint density at radius 3 is 2.70 bits per heavy atom. The van der Waals surface area contributed by atoms with E-state index in [9.17, 15) is 4.79 Å². The molecule has 1 N–H and O–H groups in total. The molecule has 0 saturated carbocycles. The predicted molar refractivity (Wildman–Crippen MR) is 121 cm³/mol. The first kappa shape index (κ1) is 20.9. The first-order valence-electron chi connectivity index (χ1n) is 9.95. The molecule has 4 rings (SSSR count). The van der Waals surface area contributed by atoms with E-state index in [-0.39, 0.29) is 5.97 Å². The van der Waals surface area contributed by atoms with Crippen LogP contribution in [0.2, 0.25) is 0 Å². The van der Waals surface area contributed by atoms with E-state index in [0.717, 1.165) is 60.5 Å². The molecule has 160 valence electrons. The number of thiocarbonyl (C=S) groups is 1. The summed E-state index contributed by atoms with van der Waals surface area (Å²) in [5, 5.41) is 4.67. The van der Waals surface area contributed by atoms with Gasteiger partial charge in [0.25, 0.3) is 0 Å². The number of esters is 1. The minimum absolute atomic E-state index is 0.295. The third kappa shape index (κ3) is 4.53. The molecule has 9 heteroatoms. The molecule has 30 heavy (non-hydrogen) atoms. The minimum Gasteiger partial charge on any atom is -0.465 e. The Morgan fingerprint density at radius 1 is 1.20 bits per heavy atom. The first-order valence-corrected chi connectivity index (χ1v) is 11.2. The van der Waals surface area contributed by atoms with Crippen LogP contribution in [-0.2, 0) is 17.7 Å². The van der Waals surface area contributed by atoms with E-state index in [1.807, 2.05) is 12.1 Å². The van der Waals surface area contributed by atoms with E-state index in [2.05, 4.69) is 34.2 Å². The number of benzene rings is 1. The lowest BCUT2D eigenvalue weighted by Crippen LogP contribution is -2.49. The van der Waals surface area contributed by atoms with Gasteiger partial charge in [-0.05, 0) is 42.4 Å². The Bertz CT molecular complexity index is 938. The molecule has 1 aromatic heterocycles. The Morgan fingerprint density at radius 2 is 1.97 bits per heavy atom. The summed E-state index contributed by atoms with van der Waals surface area (Å²) in [6.07, 6.45) is 0.863. The van der Waals surface area contributed by atoms with Crippen molar-refractivity contribution in [3.05, 3.63) is 40.3 Å². The number of carbonyl (C=O) groups is 1. The van der Waals surface area contributed by atoms with Gasteiger partial charge in [-0.2, -0.15) is 0 Å². The van der Waals surface area contributed by atoms with Crippen molar-refractivity contribution in [2.45, 2.75) is 19.9 Å². The zero-order valence-electron chi connectivity index (χ0n) is 17.1. The number of rotatable bonds is 5. The number of piperazine rings is 1. The van der Waals surface area contributed by atoms with Gasteiger partial charge in [0.2, 0.25) is 6.79 Å². The highest BCUT2D eigenvalue weighted by Gasteiger charge is 2.23. The Balaban J connectivity index is 1.32. The maximum Gasteiger partial charge on any atom is 0.340 e. The van der Waals surface area contributed by atoms with Gasteiger partial charge in [0.1, 0.15) is 5.00 Å². The second-order valence-electron chi connectivity index (χ2n) is 7.18. The number of hydrogen-bond acceptors (Lipinski definition) is 7. The van der Waals surface area contributed by atoms with Gasteiger partial charge in [-0.1, -0.05) is 13.0 Å². The standard InChI is InChI=1S/C21H25N3O4S2/c1-3-15-11-16(20(25)26-2)19(30-15)22-21(29)24-8-6-23(7-9-24)12-14-4-5-17-18(10-14)28-13-27-17/h4-5,10-11H,3,6-9,12-13H2,1-2H3,(H,22,29). The summed E-state index contributed by atoms with van der Waals surface area (Å²) in [5.41, 5.74) is 1.75. The Labute approximate surface area is 185 Å². The van der Waals surface area contributed by atoms with Crippen molar-refractivity contribution in [1.29, 1.82) is 0 Å². The lowest BCUT2D eigenvalue weighted by atomic mass is 10.1. The smallest absolute Gasteiger partial charge is 0.340 e. The largest absolute Gasteiger partial charge is 0.465 e. The third-order valence-electron chi connectivity index (χ3n) is 5.26. The fourth-order valence-corrected chi connectivity index (χ4v) is 4.89. The van der Waals surface area contributed by atoms with Gasteiger partial charge in [0, 0.05) is 37.6 Å². The average molecular weight is 448 g/mol. The molecule has 0 atom stereocenters. The van der Waals surface area contributed by atoms with E-state index in [1.54, 1.807) is 11.3 Å². The van der Waals surface area contributed by atoms with Crippen molar-refractivity contribution < 1.29 is 19.0 Å². The second kappa shape index (κ2) is 9.20. The third-order valence-corrected chi connectivity index (χ3v) is 6.82. The van der Waals surface area contributed by atoms with Crippen LogP contribution in [-0.4, -0.2) is 61.0 Å². The van der Waals surface area contributed by atoms with Gasteiger partial charge in [0.05, 0.1) is 12.7 Å². The van der Waals surface area contributed by atoms with Gasteiger partial charge in [-0.3, -0.25) is 4.90 Å². The maximum atomic E-state index is 12.1. The van der Waals surface area contributed by atoms with Gasteiger partial charge in [-0.25, -0.2) is 4.79 Å². The van der Waals surface area contributed by atoms with Gasteiger partial charge in [0.15, 0.2) is 16.6 Å². The van der Waals surface area contributed by atoms with Gasteiger partial charge >= 0.3 is 5.97 Å². The molecule has 0 spiro atoms. The van der Waals surface area contributed by atoms with Crippen LogP contribution in [0.1, 0.15) is 27.7 Å². The maximum absolute atomic E-state index is 12.1. The molecule has 0 aliphatic carbocycles. The summed E-state index contributed by atoms with van der Waals surface area (Å²) in [5.74, 6) is 1.29. The zero-order chi connectivity index (χ0) is 21.1. The molecule has 2 aromatic rings. The molecule has 1 fully saturated rings. The molecule has 0 radical (unpaired) electrons. The molecule has 0 bridgehead atoms. The van der Waals surface area contributed by atoms with Crippen molar-refractivity contribution in [1.82, 2.24) is 9.80 Å². The SMILES string of the molecule is CCc1cc(C(=O)OC)c(NC(=S)N2CCN(Cc3ccc4c(c3)OCO4)CC2)s1. The molecule has 2 aliphatic rings. The lowest BCUT2D eigenvalue weighted by molar-refractivity contribution is 0.0602. The van der Waals surface area contributed by atoms with E-state index in [4.69, 9.17) is 26.4 Å². The number of fused-ring (bicyclic) bond motifs is 1. The summed E-state index contributed by atoms with van der Waals surface area (Å²) < 4.78 is 15.8. The average Bonchev–Trinajstić information content (AvgIpc) is 3.40. The quantitative estimate of drug-likeness (QED) is 0.553. The summed E-state index contributed by atoms with van der Waals surface area (Å²) in [6.45, 7) is 6.70. The van der Waals surface area contributed by atoms with Crippen molar-refractivity contribution in [2.24, 2.45) is 0 Å². The van der Waals surface area contributed by atoms with E-state index >= 15 is 0 Å². The molecule has 7 nitrogen and oxygen atoms in total. The first-order chi connectivity index (χ1) is 14.6. The lowest BCUT2D eigenvalue weighted by Gasteiger charge is -2.36. The zero-order valence-corrected chi connectivity index (χ0v) is 18.7. The molecule has 0 amide bonds. The van der Waals surface area contributed by atoms with Gasteiger partial charge in [-0.15, -0.1) is 11.3 Å². The normalized spacial score (nSPS) is 15.9. The van der Waals surface area contributed by atoms with Crippen LogP contribution in [0.4, 0.5) is 5.00 Å². The molecular formula is C21H25N3O4S2. The number of nitrogens with one attached hydrogen (secondary N) is 1. The molecule has 2 aliphatic heterocycles. The van der Waals surface area contributed by atoms with Crippen LogP contribution in [0, 0.1) is 0 Å². The monoisotopic (exact) mass is 447 g/mol. The molecule has 0 unspecified atom stereocenters. The number of nitrogens with zero attached hydrogens (tertiary/aromatic N) is 2. The Kier molecular flexibility index (Phi) is 6.40. The van der Waals surface area contributed by atoms with Crippen LogP contribution in [0.3, 0.4) is 0 Å². The number of ether oxygens (including phenoxy) is 3. The number of hydrogen-bond donors (Lipinski definition) is 1. The fourth-order valence-electron chi connectivity index (χ4n) is 3.55. The van der Waals surface area contributed by atoms with E-state index in [1.165, 1.54) is 12.7 Å². The van der Waals surface area contributed by atoms with Crippen molar-refractivity contribution in [2.75, 3.05) is 45.4 Å². The summed E-state index contributed by atoms with van der Waals surface area (Å²) in [6, 6.07) is 7.99. The highest BCUT2D eigenvalue weighted by Crippen LogP contribution is 2.33. The summed E-state index contributed by atoms with van der Waals surface area (Å²) >= 11 is 7.18. The summed E-state index contributed by atoms with van der Waals surface area (Å²) in [4.78, 5) is 17.7. The van der Waals surface area contributed by atoms with Crippen LogP contribution >= 0.6 is 23.6 Å².